The maximum atomic E-state index is 11.6. The molecule has 18 heavy (non-hydrogen) atoms. The summed E-state index contributed by atoms with van der Waals surface area (Å²) in [5, 5.41) is 5.74. The van der Waals surface area contributed by atoms with Crippen molar-refractivity contribution in [2.75, 3.05) is 23.4 Å². The number of aromatic nitrogens is 1. The third-order valence-electron chi connectivity index (χ3n) is 1.94. The summed E-state index contributed by atoms with van der Waals surface area (Å²) in [5.74, 6) is 1.24. The van der Waals surface area contributed by atoms with E-state index in [0.29, 0.717) is 5.75 Å². The largest absolute Gasteiger partial charge is 0.373 e. The summed E-state index contributed by atoms with van der Waals surface area (Å²) < 4.78 is 0.103. The average Bonchev–Trinajstić information content (AvgIpc) is 2.27. The lowest BCUT2D eigenvalue weighted by Crippen LogP contribution is -2.19. The number of nitrogens with zero attached hydrogens (tertiary/aromatic N) is 1. The molecule has 1 aromatic heterocycles. The Bertz CT molecular complexity index is 376. The highest BCUT2D eigenvalue weighted by Crippen LogP contribution is 2.23. The minimum atomic E-state index is 0. The quantitative estimate of drug-likeness (QED) is 0.895. The van der Waals surface area contributed by atoms with Crippen LogP contribution in [-0.2, 0) is 4.79 Å². The lowest BCUT2D eigenvalue weighted by atomic mass is 10.3. The second-order valence-electron chi connectivity index (χ2n) is 4.63. The normalized spacial score (nSPS) is 10.4. The van der Waals surface area contributed by atoms with Gasteiger partial charge in [-0.05, 0) is 12.1 Å². The molecule has 0 aliphatic heterocycles. The number of amides is 1. The van der Waals surface area contributed by atoms with Gasteiger partial charge in [0.1, 0.15) is 5.82 Å². The third kappa shape index (κ3) is 6.71. The average molecular weight is 290 g/mol. The van der Waals surface area contributed by atoms with Crippen LogP contribution in [0.1, 0.15) is 20.8 Å². The molecule has 0 saturated heterocycles. The summed E-state index contributed by atoms with van der Waals surface area (Å²) in [6, 6.07) is 3.66. The van der Waals surface area contributed by atoms with Crippen LogP contribution < -0.4 is 10.6 Å². The van der Waals surface area contributed by atoms with E-state index in [9.17, 15) is 4.79 Å². The molecule has 1 amide bonds. The molecule has 0 aromatic carbocycles. The Morgan fingerprint density at radius 1 is 1.39 bits per heavy atom. The Morgan fingerprint density at radius 3 is 2.50 bits per heavy atom. The van der Waals surface area contributed by atoms with Gasteiger partial charge in [0.2, 0.25) is 5.91 Å². The first-order valence-electron chi connectivity index (χ1n) is 5.48. The molecule has 0 saturated carbocycles. The van der Waals surface area contributed by atoms with E-state index in [2.05, 4.69) is 36.4 Å². The highest BCUT2D eigenvalue weighted by atomic mass is 35.5. The number of rotatable bonds is 4. The number of hydrogen-bond acceptors (Lipinski definition) is 4. The van der Waals surface area contributed by atoms with Crippen molar-refractivity contribution in [2.24, 2.45) is 0 Å². The van der Waals surface area contributed by atoms with Crippen LogP contribution in [0.25, 0.3) is 0 Å². The Balaban J connectivity index is 0.00000289. The maximum Gasteiger partial charge on any atom is 0.234 e. The van der Waals surface area contributed by atoms with Gasteiger partial charge in [-0.3, -0.25) is 4.79 Å². The van der Waals surface area contributed by atoms with Crippen LogP contribution in [0.5, 0.6) is 0 Å². The van der Waals surface area contributed by atoms with E-state index in [1.807, 2.05) is 12.1 Å². The van der Waals surface area contributed by atoms with Gasteiger partial charge in [0.25, 0.3) is 0 Å². The molecule has 0 aliphatic rings. The second kappa shape index (κ2) is 7.48. The molecule has 0 spiro atoms. The number of anilines is 2. The van der Waals surface area contributed by atoms with Gasteiger partial charge in [0.05, 0.1) is 17.6 Å². The zero-order valence-electron chi connectivity index (χ0n) is 11.1. The molecule has 0 atom stereocenters. The van der Waals surface area contributed by atoms with Crippen LogP contribution in [0, 0.1) is 0 Å². The summed E-state index contributed by atoms with van der Waals surface area (Å²) in [5.41, 5.74) is 0.725. The minimum Gasteiger partial charge on any atom is -0.373 e. The van der Waals surface area contributed by atoms with Gasteiger partial charge in [0.15, 0.2) is 0 Å². The number of pyridine rings is 1. The van der Waals surface area contributed by atoms with E-state index >= 15 is 0 Å². The Kier molecular flexibility index (Phi) is 7.09. The van der Waals surface area contributed by atoms with Gasteiger partial charge < -0.3 is 10.6 Å². The summed E-state index contributed by atoms with van der Waals surface area (Å²) in [4.78, 5) is 15.8. The predicted octanol–water partition coefficient (Wildman–Crippen LogP) is 3.02. The number of hydrogen-bond donors (Lipinski definition) is 2. The van der Waals surface area contributed by atoms with Gasteiger partial charge >= 0.3 is 0 Å². The van der Waals surface area contributed by atoms with Crippen LogP contribution in [0.3, 0.4) is 0 Å². The van der Waals surface area contributed by atoms with E-state index in [4.69, 9.17) is 0 Å². The molecule has 0 fully saturated rings. The standard InChI is InChI=1S/C12H19N3OS.ClH/c1-12(2,3)17-8-11(16)15-9-5-6-10(13-4)14-7-9;/h5-7H,8H2,1-4H3,(H,13,14)(H,15,16);1H. The highest BCUT2D eigenvalue weighted by Gasteiger charge is 2.13. The second-order valence-corrected chi connectivity index (χ2v) is 6.43. The fourth-order valence-electron chi connectivity index (χ4n) is 1.09. The van der Waals surface area contributed by atoms with Gasteiger partial charge in [-0.1, -0.05) is 20.8 Å². The van der Waals surface area contributed by atoms with E-state index in [0.717, 1.165) is 11.5 Å². The van der Waals surface area contributed by atoms with Crippen LogP contribution >= 0.6 is 24.2 Å². The fourth-order valence-corrected chi connectivity index (χ4v) is 1.73. The van der Waals surface area contributed by atoms with Crippen LogP contribution in [0.2, 0.25) is 0 Å². The summed E-state index contributed by atoms with van der Waals surface area (Å²) in [6.07, 6.45) is 1.64. The molecule has 102 valence electrons. The first-order valence-corrected chi connectivity index (χ1v) is 6.47. The van der Waals surface area contributed by atoms with Crippen molar-refractivity contribution in [3.8, 4) is 0 Å². The third-order valence-corrected chi connectivity index (χ3v) is 3.21. The van der Waals surface area contributed by atoms with Gasteiger partial charge in [-0.25, -0.2) is 4.98 Å². The molecule has 1 heterocycles. The smallest absolute Gasteiger partial charge is 0.234 e. The van der Waals surface area contributed by atoms with Gasteiger partial charge in [-0.2, -0.15) is 0 Å². The molecule has 2 N–H and O–H groups in total. The highest BCUT2D eigenvalue weighted by molar-refractivity contribution is 8.01. The first kappa shape index (κ1) is 17.1. The Morgan fingerprint density at radius 2 is 2.06 bits per heavy atom. The van der Waals surface area contributed by atoms with Crippen LogP contribution in [-0.4, -0.2) is 28.4 Å². The van der Waals surface area contributed by atoms with Crippen molar-refractivity contribution in [2.45, 2.75) is 25.5 Å². The minimum absolute atomic E-state index is 0. The van der Waals surface area contributed by atoms with E-state index in [1.165, 1.54) is 0 Å². The molecular formula is C12H20ClN3OS. The zero-order chi connectivity index (χ0) is 12.9. The number of halogens is 1. The van der Waals surface area contributed by atoms with Crippen molar-refractivity contribution < 1.29 is 4.79 Å². The molecule has 0 aliphatic carbocycles. The molecule has 0 unspecified atom stereocenters. The summed E-state index contributed by atoms with van der Waals surface area (Å²) in [7, 11) is 1.81. The van der Waals surface area contributed by atoms with Gasteiger partial charge in [0, 0.05) is 11.8 Å². The fraction of sp³-hybridized carbons (Fsp3) is 0.500. The molecule has 0 radical (unpaired) electrons. The molecule has 1 aromatic rings. The molecule has 1 rings (SSSR count). The van der Waals surface area contributed by atoms with Crippen LogP contribution in [0.15, 0.2) is 18.3 Å². The van der Waals surface area contributed by atoms with Crippen molar-refractivity contribution in [1.29, 1.82) is 0 Å². The lowest BCUT2D eigenvalue weighted by Gasteiger charge is -2.16. The van der Waals surface area contributed by atoms with E-state index < -0.39 is 0 Å². The predicted molar refractivity (Wildman–Crippen MR) is 81.9 cm³/mol. The van der Waals surface area contributed by atoms with E-state index in [-0.39, 0.29) is 23.1 Å². The first-order chi connectivity index (χ1) is 7.90. The summed E-state index contributed by atoms with van der Waals surface area (Å²) in [6.45, 7) is 6.27. The molecule has 6 heteroatoms. The molecule has 4 nitrogen and oxygen atoms in total. The lowest BCUT2D eigenvalue weighted by molar-refractivity contribution is -0.113. The van der Waals surface area contributed by atoms with Crippen molar-refractivity contribution >= 4 is 41.6 Å². The van der Waals surface area contributed by atoms with Crippen LogP contribution in [0.4, 0.5) is 11.5 Å². The Labute approximate surface area is 119 Å². The Hall–Kier alpha value is -0.940. The van der Waals surface area contributed by atoms with Crippen molar-refractivity contribution in [3.63, 3.8) is 0 Å². The van der Waals surface area contributed by atoms with Crippen molar-refractivity contribution in [3.05, 3.63) is 18.3 Å². The SMILES string of the molecule is CNc1ccc(NC(=O)CSC(C)(C)C)cn1.Cl. The monoisotopic (exact) mass is 289 g/mol. The topological polar surface area (TPSA) is 54.0 Å². The van der Waals surface area contributed by atoms with E-state index in [1.54, 1.807) is 25.0 Å². The molecular weight excluding hydrogens is 270 g/mol. The number of carbonyl (C=O) groups excluding carboxylic acids is 1. The number of thioether (sulfide) groups is 1. The number of nitrogens with one attached hydrogen (secondary N) is 2. The molecule has 0 bridgehead atoms. The number of carbonyl (C=O) groups is 1. The summed E-state index contributed by atoms with van der Waals surface area (Å²) >= 11 is 1.62. The van der Waals surface area contributed by atoms with Crippen molar-refractivity contribution in [1.82, 2.24) is 4.98 Å². The van der Waals surface area contributed by atoms with Gasteiger partial charge in [-0.15, -0.1) is 24.2 Å². The maximum absolute atomic E-state index is 11.6. The zero-order valence-corrected chi connectivity index (χ0v) is 12.7.